The fourth-order valence-corrected chi connectivity index (χ4v) is 3.64. The van der Waals surface area contributed by atoms with Gasteiger partial charge in [-0.2, -0.15) is 0 Å². The number of rotatable bonds is 6. The molecule has 1 aromatic carbocycles. The van der Waals surface area contributed by atoms with E-state index in [1.165, 1.54) is 31.0 Å². The van der Waals surface area contributed by atoms with Gasteiger partial charge >= 0.3 is 0 Å². The number of hydrogen-bond acceptors (Lipinski definition) is 5. The van der Waals surface area contributed by atoms with Crippen LogP contribution in [0, 0.1) is 6.92 Å². The predicted octanol–water partition coefficient (Wildman–Crippen LogP) is 3.58. The maximum absolute atomic E-state index is 12.2. The summed E-state index contributed by atoms with van der Waals surface area (Å²) in [5.41, 5.74) is 1.67. The summed E-state index contributed by atoms with van der Waals surface area (Å²) in [6.45, 7) is 1.97. The minimum absolute atomic E-state index is 0.0328. The first-order chi connectivity index (χ1) is 13.1. The van der Waals surface area contributed by atoms with E-state index in [-0.39, 0.29) is 11.8 Å². The van der Waals surface area contributed by atoms with Crippen molar-refractivity contribution in [2.75, 3.05) is 11.1 Å². The molecule has 0 unspecified atom stereocenters. The van der Waals surface area contributed by atoms with E-state index in [9.17, 15) is 9.59 Å². The summed E-state index contributed by atoms with van der Waals surface area (Å²) in [5.74, 6) is 0.513. The fraction of sp³-hybridized carbons (Fsp3) is 0.400. The Hall–Kier alpha value is -2.41. The molecule has 1 heterocycles. The van der Waals surface area contributed by atoms with E-state index in [0.29, 0.717) is 28.2 Å². The Morgan fingerprint density at radius 3 is 2.44 bits per heavy atom. The number of carbonyl (C=O) groups excluding carboxylic acids is 2. The van der Waals surface area contributed by atoms with Crippen molar-refractivity contribution >= 4 is 29.4 Å². The topological polar surface area (TPSA) is 84.0 Å². The van der Waals surface area contributed by atoms with Gasteiger partial charge in [0.25, 0.3) is 5.91 Å². The van der Waals surface area contributed by atoms with Crippen molar-refractivity contribution in [2.45, 2.75) is 50.1 Å². The molecule has 1 fully saturated rings. The highest BCUT2D eigenvalue weighted by atomic mass is 32.2. The Labute approximate surface area is 163 Å². The Bertz CT molecular complexity index is 772. The smallest absolute Gasteiger partial charge is 0.256 e. The quantitative estimate of drug-likeness (QED) is 0.744. The van der Waals surface area contributed by atoms with Crippen molar-refractivity contribution < 1.29 is 9.59 Å². The van der Waals surface area contributed by atoms with E-state index in [1.807, 2.05) is 19.1 Å². The van der Waals surface area contributed by atoms with Crippen LogP contribution in [0.15, 0.2) is 41.4 Å². The van der Waals surface area contributed by atoms with Crippen LogP contribution in [0.1, 0.15) is 48.0 Å². The first-order valence-electron chi connectivity index (χ1n) is 9.24. The van der Waals surface area contributed by atoms with Gasteiger partial charge in [0.15, 0.2) is 5.82 Å². The standard InChI is InChI=1S/C20H24N4O2S/c1-14-7-9-15(10-8-14)20(26)22-17-11-12-19(24-23-17)27-13-18(25)21-16-5-3-2-4-6-16/h7-12,16H,2-6,13H2,1H3,(H,21,25)(H,22,23,26). The summed E-state index contributed by atoms with van der Waals surface area (Å²) in [5, 5.41) is 14.6. The van der Waals surface area contributed by atoms with Crippen molar-refractivity contribution in [1.82, 2.24) is 15.5 Å². The van der Waals surface area contributed by atoms with E-state index >= 15 is 0 Å². The lowest BCUT2D eigenvalue weighted by molar-refractivity contribution is -0.119. The van der Waals surface area contributed by atoms with Crippen molar-refractivity contribution in [2.24, 2.45) is 0 Å². The molecule has 142 valence electrons. The third-order valence-corrected chi connectivity index (χ3v) is 5.44. The molecule has 2 aromatic rings. The number of aryl methyl sites for hydroxylation is 1. The highest BCUT2D eigenvalue weighted by Crippen LogP contribution is 2.19. The highest BCUT2D eigenvalue weighted by Gasteiger charge is 2.16. The van der Waals surface area contributed by atoms with Gasteiger partial charge in [0.2, 0.25) is 5.91 Å². The molecule has 0 spiro atoms. The van der Waals surface area contributed by atoms with Gasteiger partial charge in [0.1, 0.15) is 5.03 Å². The Morgan fingerprint density at radius 1 is 1.04 bits per heavy atom. The van der Waals surface area contributed by atoms with E-state index in [4.69, 9.17) is 0 Å². The molecule has 0 atom stereocenters. The lowest BCUT2D eigenvalue weighted by Gasteiger charge is -2.22. The summed E-state index contributed by atoms with van der Waals surface area (Å²) in [4.78, 5) is 24.2. The number of carbonyl (C=O) groups is 2. The maximum atomic E-state index is 12.2. The number of nitrogens with zero attached hydrogens (tertiary/aromatic N) is 2. The summed E-state index contributed by atoms with van der Waals surface area (Å²) in [6.07, 6.45) is 5.80. The van der Waals surface area contributed by atoms with Gasteiger partial charge < -0.3 is 10.6 Å². The zero-order valence-electron chi connectivity index (χ0n) is 15.4. The Kier molecular flexibility index (Phi) is 6.81. The first-order valence-corrected chi connectivity index (χ1v) is 10.2. The number of hydrogen-bond donors (Lipinski definition) is 2. The minimum Gasteiger partial charge on any atom is -0.353 e. The second-order valence-corrected chi connectivity index (χ2v) is 7.76. The molecule has 1 aliphatic rings. The lowest BCUT2D eigenvalue weighted by atomic mass is 9.95. The summed E-state index contributed by atoms with van der Waals surface area (Å²) in [6, 6.07) is 11.1. The predicted molar refractivity (Wildman–Crippen MR) is 107 cm³/mol. The van der Waals surface area contributed by atoms with Crippen LogP contribution >= 0.6 is 11.8 Å². The van der Waals surface area contributed by atoms with Gasteiger partial charge in [-0.1, -0.05) is 48.7 Å². The SMILES string of the molecule is Cc1ccc(C(=O)Nc2ccc(SCC(=O)NC3CCCCC3)nn2)cc1. The number of anilines is 1. The van der Waals surface area contributed by atoms with Gasteiger partial charge in [-0.15, -0.1) is 10.2 Å². The van der Waals surface area contributed by atoms with E-state index in [1.54, 1.807) is 24.3 Å². The fourth-order valence-electron chi connectivity index (χ4n) is 3.01. The van der Waals surface area contributed by atoms with Crippen LogP contribution in [-0.4, -0.2) is 33.8 Å². The molecule has 3 rings (SSSR count). The van der Waals surface area contributed by atoms with Crippen LogP contribution in [0.2, 0.25) is 0 Å². The molecule has 0 radical (unpaired) electrons. The Morgan fingerprint density at radius 2 is 1.78 bits per heavy atom. The summed E-state index contributed by atoms with van der Waals surface area (Å²) < 4.78 is 0. The normalized spacial score (nSPS) is 14.6. The van der Waals surface area contributed by atoms with E-state index < -0.39 is 0 Å². The largest absolute Gasteiger partial charge is 0.353 e. The third kappa shape index (κ3) is 6.06. The van der Waals surface area contributed by atoms with E-state index in [0.717, 1.165) is 18.4 Å². The zero-order valence-corrected chi connectivity index (χ0v) is 16.2. The minimum atomic E-state index is -0.225. The molecule has 1 aromatic heterocycles. The molecule has 7 heteroatoms. The van der Waals surface area contributed by atoms with Gasteiger partial charge in [-0.3, -0.25) is 9.59 Å². The molecule has 0 bridgehead atoms. The maximum Gasteiger partial charge on any atom is 0.256 e. The van der Waals surface area contributed by atoms with Crippen molar-refractivity contribution in [1.29, 1.82) is 0 Å². The van der Waals surface area contributed by atoms with Gasteiger partial charge in [-0.05, 0) is 44.0 Å². The molecule has 0 aliphatic heterocycles. The summed E-state index contributed by atoms with van der Waals surface area (Å²) >= 11 is 1.34. The van der Waals surface area contributed by atoms with Crippen LogP contribution in [0.5, 0.6) is 0 Å². The second-order valence-electron chi connectivity index (χ2n) is 6.77. The number of aromatic nitrogens is 2. The number of thioether (sulfide) groups is 1. The van der Waals surface area contributed by atoms with Crippen molar-refractivity contribution in [3.63, 3.8) is 0 Å². The number of amides is 2. The van der Waals surface area contributed by atoms with Crippen LogP contribution in [0.25, 0.3) is 0 Å². The van der Waals surface area contributed by atoms with Crippen molar-refractivity contribution in [3.8, 4) is 0 Å². The Balaban J connectivity index is 1.46. The zero-order chi connectivity index (χ0) is 19.1. The molecule has 6 nitrogen and oxygen atoms in total. The third-order valence-electron chi connectivity index (χ3n) is 4.52. The van der Waals surface area contributed by atoms with Gasteiger partial charge in [-0.25, -0.2) is 0 Å². The molecule has 2 N–H and O–H groups in total. The molecule has 1 aliphatic carbocycles. The van der Waals surface area contributed by atoms with Gasteiger partial charge in [0.05, 0.1) is 5.75 Å². The van der Waals surface area contributed by atoms with Crippen molar-refractivity contribution in [3.05, 3.63) is 47.5 Å². The first kappa shape index (κ1) is 19.4. The molecule has 27 heavy (non-hydrogen) atoms. The number of benzene rings is 1. The van der Waals surface area contributed by atoms with E-state index in [2.05, 4.69) is 20.8 Å². The molecule has 1 saturated carbocycles. The summed E-state index contributed by atoms with van der Waals surface area (Å²) in [7, 11) is 0. The highest BCUT2D eigenvalue weighted by molar-refractivity contribution is 7.99. The molecule has 0 saturated heterocycles. The monoisotopic (exact) mass is 384 g/mol. The van der Waals surface area contributed by atoms with Crippen LogP contribution in [0.4, 0.5) is 5.82 Å². The molecular formula is C20H24N4O2S. The van der Waals surface area contributed by atoms with Gasteiger partial charge in [0, 0.05) is 11.6 Å². The average Bonchev–Trinajstić information content (AvgIpc) is 2.69. The number of nitrogens with one attached hydrogen (secondary N) is 2. The second kappa shape index (κ2) is 9.50. The molecular weight excluding hydrogens is 360 g/mol. The average molecular weight is 385 g/mol. The lowest BCUT2D eigenvalue weighted by Crippen LogP contribution is -2.37. The van der Waals surface area contributed by atoms with Crippen LogP contribution in [0.3, 0.4) is 0 Å². The van der Waals surface area contributed by atoms with Crippen LogP contribution < -0.4 is 10.6 Å². The van der Waals surface area contributed by atoms with Crippen LogP contribution in [-0.2, 0) is 4.79 Å². The molecule has 2 amide bonds.